The van der Waals surface area contributed by atoms with E-state index in [1.807, 2.05) is 0 Å². The van der Waals surface area contributed by atoms with Crippen LogP contribution in [0.5, 0.6) is 0 Å². The zero-order chi connectivity index (χ0) is 5.28. The third-order valence-electron chi connectivity index (χ3n) is 1.31. The van der Waals surface area contributed by atoms with Crippen LogP contribution in [0.1, 0.15) is 13.3 Å². The highest BCUT2D eigenvalue weighted by atomic mass is 32.2. The molecule has 0 aliphatic carbocycles. The first kappa shape index (κ1) is 5.45. The van der Waals surface area contributed by atoms with E-state index < -0.39 is 11.2 Å². The van der Waals surface area contributed by atoms with Gasteiger partial charge in [-0.15, -0.1) is 0 Å². The van der Waals surface area contributed by atoms with Gasteiger partial charge in [0.2, 0.25) is 0 Å². The van der Waals surface area contributed by atoms with Crippen molar-refractivity contribution in [3.63, 3.8) is 0 Å². The maximum absolute atomic E-state index is 10.6. The highest BCUT2D eigenvalue weighted by molar-refractivity contribution is 7.91. The van der Waals surface area contributed by atoms with Crippen molar-refractivity contribution in [1.29, 1.82) is 0 Å². The van der Waals surface area contributed by atoms with Gasteiger partial charge in [0.1, 0.15) is 11.5 Å². The van der Waals surface area contributed by atoms with Crippen LogP contribution < -0.4 is 0 Å². The molecule has 0 saturated carbocycles. The smallest absolute Gasteiger partial charge is 0.108 e. The summed E-state index contributed by atoms with van der Waals surface area (Å²) in [7, 11) is 0. The van der Waals surface area contributed by atoms with Gasteiger partial charge in [-0.25, -0.2) is 0 Å². The fourth-order valence-electron chi connectivity index (χ4n) is 0.817. The first-order valence-corrected chi connectivity index (χ1v) is 4.13. The molecule has 1 aliphatic rings. The normalized spacial score (nSPS) is 42.0. The molecule has 0 radical (unpaired) electrons. The van der Waals surface area contributed by atoms with Gasteiger partial charge in [-0.05, 0) is 6.42 Å². The fourth-order valence-corrected chi connectivity index (χ4v) is 2.45. The average Bonchev–Trinajstić information content (AvgIpc) is 1.87. The van der Waals surface area contributed by atoms with E-state index in [1.165, 1.54) is 6.42 Å². The second-order valence-corrected chi connectivity index (χ2v) is 3.83. The van der Waals surface area contributed by atoms with Gasteiger partial charge in [-0.3, -0.25) is 0 Å². The third-order valence-corrected chi connectivity index (χ3v) is 2.94. The Morgan fingerprint density at radius 1 is 1.71 bits per heavy atom. The molecule has 1 rings (SSSR count). The summed E-state index contributed by atoms with van der Waals surface area (Å²) < 4.78 is 10.6. The Kier molecular flexibility index (Phi) is 1.60. The second kappa shape index (κ2) is 2.05. The molecule has 0 bridgehead atoms. The minimum absolute atomic E-state index is 0.453. The van der Waals surface area contributed by atoms with Crippen molar-refractivity contribution >= 4 is 11.2 Å². The van der Waals surface area contributed by atoms with Crippen LogP contribution in [0.25, 0.3) is 0 Å². The summed E-state index contributed by atoms with van der Waals surface area (Å²) in [5.41, 5.74) is 0. The molecule has 0 aromatic heterocycles. The second-order valence-electron chi connectivity index (χ2n) is 2.20. The summed E-state index contributed by atoms with van der Waals surface area (Å²) in [6.45, 7) is 2.16. The lowest BCUT2D eigenvalue weighted by molar-refractivity contribution is 0.598. The van der Waals surface area contributed by atoms with Crippen LogP contribution in [0.3, 0.4) is 0 Å². The Labute approximate surface area is 47.3 Å². The van der Waals surface area contributed by atoms with Crippen molar-refractivity contribution < 1.29 is 4.55 Å². The molecule has 0 aromatic carbocycles. The lowest BCUT2D eigenvalue weighted by atomic mass is 10.2. The number of rotatable bonds is 0. The van der Waals surface area contributed by atoms with Gasteiger partial charge in [0.15, 0.2) is 0 Å². The molecule has 1 heterocycles. The van der Waals surface area contributed by atoms with Crippen LogP contribution >= 0.6 is 0 Å². The molecule has 2 atom stereocenters. The van der Waals surface area contributed by atoms with Gasteiger partial charge in [0.05, 0.1) is 0 Å². The van der Waals surface area contributed by atoms with Crippen molar-refractivity contribution in [2.24, 2.45) is 5.92 Å². The maximum Gasteiger partial charge on any atom is 0.108 e. The molecular weight excluding hydrogens is 108 g/mol. The predicted molar refractivity (Wildman–Crippen MR) is 31.7 cm³/mol. The molecular formula is C5H10OS. The van der Waals surface area contributed by atoms with Crippen molar-refractivity contribution in [3.8, 4) is 0 Å². The Bertz CT molecular complexity index is 57.1. The maximum atomic E-state index is 10.6. The monoisotopic (exact) mass is 118 g/mol. The van der Waals surface area contributed by atoms with E-state index in [0.29, 0.717) is 0 Å². The molecule has 7 heavy (non-hydrogen) atoms. The molecule has 1 aliphatic heterocycles. The zero-order valence-corrected chi connectivity index (χ0v) is 5.33. The summed E-state index contributed by atoms with van der Waals surface area (Å²) >= 11 is -0.453. The molecule has 2 heteroatoms. The quantitative estimate of drug-likeness (QED) is 0.431. The summed E-state index contributed by atoms with van der Waals surface area (Å²) in [5.74, 6) is 2.61. The summed E-state index contributed by atoms with van der Waals surface area (Å²) in [6, 6.07) is 0. The molecule has 1 nitrogen and oxygen atoms in total. The minimum Gasteiger partial charge on any atom is -0.616 e. The summed E-state index contributed by atoms with van der Waals surface area (Å²) in [5, 5.41) is 0. The Hall–Kier alpha value is 0.310. The highest BCUT2D eigenvalue weighted by Crippen LogP contribution is 2.16. The lowest BCUT2D eigenvalue weighted by Gasteiger charge is -1.98. The topological polar surface area (TPSA) is 23.1 Å². The molecule has 42 valence electrons. The number of hydrogen-bond donors (Lipinski definition) is 0. The van der Waals surface area contributed by atoms with Gasteiger partial charge >= 0.3 is 0 Å². The highest BCUT2D eigenvalue weighted by Gasteiger charge is 2.21. The third kappa shape index (κ3) is 1.35. The predicted octanol–water partition coefficient (Wildman–Crippen LogP) is 0.775. The zero-order valence-electron chi connectivity index (χ0n) is 4.52. The lowest BCUT2D eigenvalue weighted by Crippen LogP contribution is -2.01. The SMILES string of the molecule is C[C@@H]1CC[S@@+]([O-])C1. The van der Waals surface area contributed by atoms with Gasteiger partial charge in [0, 0.05) is 5.92 Å². The number of hydrogen-bond acceptors (Lipinski definition) is 1. The molecule has 1 saturated heterocycles. The van der Waals surface area contributed by atoms with Crippen molar-refractivity contribution in [2.45, 2.75) is 13.3 Å². The molecule has 0 amide bonds. The van der Waals surface area contributed by atoms with Crippen molar-refractivity contribution in [3.05, 3.63) is 0 Å². The van der Waals surface area contributed by atoms with E-state index >= 15 is 0 Å². The van der Waals surface area contributed by atoms with Crippen LogP contribution in [0.4, 0.5) is 0 Å². The Morgan fingerprint density at radius 2 is 2.43 bits per heavy atom. The van der Waals surface area contributed by atoms with Crippen LogP contribution in [0, 0.1) is 5.92 Å². The summed E-state index contributed by atoms with van der Waals surface area (Å²) in [6.07, 6.45) is 1.17. The average molecular weight is 118 g/mol. The Morgan fingerprint density at radius 3 is 2.57 bits per heavy atom. The van der Waals surface area contributed by atoms with E-state index in [2.05, 4.69) is 6.92 Å². The fraction of sp³-hybridized carbons (Fsp3) is 1.00. The molecule has 0 N–H and O–H groups in total. The van der Waals surface area contributed by atoms with Gasteiger partial charge in [-0.2, -0.15) is 0 Å². The molecule has 0 aromatic rings. The van der Waals surface area contributed by atoms with Crippen molar-refractivity contribution in [2.75, 3.05) is 11.5 Å². The van der Waals surface area contributed by atoms with E-state index in [4.69, 9.17) is 0 Å². The van der Waals surface area contributed by atoms with Gasteiger partial charge in [-0.1, -0.05) is 18.1 Å². The van der Waals surface area contributed by atoms with E-state index in [-0.39, 0.29) is 0 Å². The minimum atomic E-state index is -0.453. The molecule has 1 fully saturated rings. The first-order valence-electron chi connectivity index (χ1n) is 2.64. The van der Waals surface area contributed by atoms with Gasteiger partial charge in [0.25, 0.3) is 0 Å². The van der Waals surface area contributed by atoms with Crippen LogP contribution in [0.2, 0.25) is 0 Å². The van der Waals surface area contributed by atoms with E-state index in [9.17, 15) is 4.55 Å². The van der Waals surface area contributed by atoms with E-state index in [1.54, 1.807) is 0 Å². The standard InChI is InChI=1S/C5H10OS/c1-5-2-3-7(6)4-5/h5H,2-4H2,1H3/t5-,7-/m1/s1. The van der Waals surface area contributed by atoms with Crippen LogP contribution in [-0.4, -0.2) is 16.1 Å². The Balaban J connectivity index is 2.26. The summed E-state index contributed by atoms with van der Waals surface area (Å²) in [4.78, 5) is 0. The van der Waals surface area contributed by atoms with E-state index in [0.717, 1.165) is 17.4 Å². The molecule has 0 spiro atoms. The first-order chi connectivity index (χ1) is 3.29. The molecule has 0 unspecified atom stereocenters. The van der Waals surface area contributed by atoms with Crippen molar-refractivity contribution in [1.82, 2.24) is 0 Å². The largest absolute Gasteiger partial charge is 0.616 e. The van der Waals surface area contributed by atoms with Gasteiger partial charge < -0.3 is 4.55 Å². The van der Waals surface area contributed by atoms with Crippen LogP contribution in [0.15, 0.2) is 0 Å². The van der Waals surface area contributed by atoms with Crippen LogP contribution in [-0.2, 0) is 11.2 Å².